The first-order valence-corrected chi connectivity index (χ1v) is 6.63. The van der Waals surface area contributed by atoms with E-state index in [1.54, 1.807) is 13.1 Å². The predicted octanol–water partition coefficient (Wildman–Crippen LogP) is 3.59. The lowest BCUT2D eigenvalue weighted by Crippen LogP contribution is -1.84. The van der Waals surface area contributed by atoms with E-state index in [4.69, 9.17) is 4.42 Å². The molecule has 3 aromatic heterocycles. The smallest absolute Gasteiger partial charge is 0.249 e. The highest BCUT2D eigenvalue weighted by Crippen LogP contribution is 2.26. The van der Waals surface area contributed by atoms with Crippen LogP contribution in [0.3, 0.4) is 0 Å². The molecule has 21 heavy (non-hydrogen) atoms. The molecule has 1 N–H and O–H groups in total. The van der Waals surface area contributed by atoms with E-state index in [2.05, 4.69) is 44.4 Å². The zero-order valence-corrected chi connectivity index (χ0v) is 11.4. The van der Waals surface area contributed by atoms with E-state index in [1.165, 1.54) is 5.39 Å². The van der Waals surface area contributed by atoms with Crippen LogP contribution >= 0.6 is 0 Å². The van der Waals surface area contributed by atoms with Gasteiger partial charge in [0, 0.05) is 36.6 Å². The van der Waals surface area contributed by atoms with Crippen molar-refractivity contribution in [1.82, 2.24) is 20.2 Å². The molecule has 0 aliphatic carbocycles. The standard InChI is InChI=1S/C16H12N4O/c1-10-19-20-16(21-10)14-7-13(8-17-9-14)11-2-3-15-12(6-11)4-5-18-15/h2-9,18H,1H3. The van der Waals surface area contributed by atoms with Gasteiger partial charge in [-0.1, -0.05) is 6.07 Å². The van der Waals surface area contributed by atoms with Crippen molar-refractivity contribution in [2.75, 3.05) is 0 Å². The van der Waals surface area contributed by atoms with Crippen molar-refractivity contribution in [3.63, 3.8) is 0 Å². The summed E-state index contributed by atoms with van der Waals surface area (Å²) in [6.45, 7) is 1.77. The maximum atomic E-state index is 5.45. The number of nitrogens with one attached hydrogen (secondary N) is 1. The Balaban J connectivity index is 1.81. The van der Waals surface area contributed by atoms with Gasteiger partial charge in [-0.3, -0.25) is 4.98 Å². The van der Waals surface area contributed by atoms with E-state index in [1.807, 2.05) is 18.5 Å². The maximum Gasteiger partial charge on any atom is 0.249 e. The summed E-state index contributed by atoms with van der Waals surface area (Å²) in [7, 11) is 0. The molecule has 4 rings (SSSR count). The molecule has 0 saturated heterocycles. The van der Waals surface area contributed by atoms with Crippen LogP contribution in [0.5, 0.6) is 0 Å². The van der Waals surface area contributed by atoms with Gasteiger partial charge in [-0.15, -0.1) is 10.2 Å². The van der Waals surface area contributed by atoms with Gasteiger partial charge in [0.2, 0.25) is 11.8 Å². The zero-order chi connectivity index (χ0) is 14.2. The summed E-state index contributed by atoms with van der Waals surface area (Å²) in [4.78, 5) is 7.47. The fourth-order valence-electron chi connectivity index (χ4n) is 2.36. The van der Waals surface area contributed by atoms with Gasteiger partial charge in [0.15, 0.2) is 0 Å². The topological polar surface area (TPSA) is 67.6 Å². The molecule has 1 aromatic carbocycles. The molecule has 0 bridgehead atoms. The second-order valence-corrected chi connectivity index (χ2v) is 4.87. The van der Waals surface area contributed by atoms with Gasteiger partial charge in [0.1, 0.15) is 0 Å². The molecule has 5 nitrogen and oxygen atoms in total. The molecule has 0 aliphatic heterocycles. The van der Waals surface area contributed by atoms with E-state index in [0.29, 0.717) is 11.8 Å². The van der Waals surface area contributed by atoms with Gasteiger partial charge in [-0.05, 0) is 35.2 Å². The summed E-state index contributed by atoms with van der Waals surface area (Å²) in [6.07, 6.45) is 5.50. The minimum atomic E-state index is 0.490. The van der Waals surface area contributed by atoms with Crippen molar-refractivity contribution in [2.45, 2.75) is 6.92 Å². The SMILES string of the molecule is Cc1nnc(-c2cncc(-c3ccc4[nH]ccc4c3)c2)o1. The van der Waals surface area contributed by atoms with Crippen LogP contribution in [0.15, 0.2) is 53.3 Å². The largest absolute Gasteiger partial charge is 0.421 e. The lowest BCUT2D eigenvalue weighted by molar-refractivity contribution is 0.532. The molecule has 0 aliphatic rings. The highest BCUT2D eigenvalue weighted by molar-refractivity contribution is 5.85. The predicted molar refractivity (Wildman–Crippen MR) is 79.6 cm³/mol. The molecule has 102 valence electrons. The zero-order valence-electron chi connectivity index (χ0n) is 11.4. The minimum absolute atomic E-state index is 0.490. The summed E-state index contributed by atoms with van der Waals surface area (Å²) < 4.78 is 5.45. The lowest BCUT2D eigenvalue weighted by atomic mass is 10.0. The summed E-state index contributed by atoms with van der Waals surface area (Å²) in [6, 6.07) is 10.3. The third kappa shape index (κ3) is 2.08. The molecule has 0 unspecified atom stereocenters. The number of aryl methyl sites for hydroxylation is 1. The fourth-order valence-corrected chi connectivity index (χ4v) is 2.36. The number of rotatable bonds is 2. The average Bonchev–Trinajstić information content (AvgIpc) is 3.15. The molecule has 3 heterocycles. The average molecular weight is 276 g/mol. The number of pyridine rings is 1. The number of benzene rings is 1. The summed E-state index contributed by atoms with van der Waals surface area (Å²) >= 11 is 0. The number of hydrogen-bond acceptors (Lipinski definition) is 4. The fraction of sp³-hybridized carbons (Fsp3) is 0.0625. The number of H-pyrrole nitrogens is 1. The Morgan fingerprint density at radius 1 is 0.952 bits per heavy atom. The van der Waals surface area contributed by atoms with E-state index in [0.717, 1.165) is 22.2 Å². The number of hydrogen-bond donors (Lipinski definition) is 1. The first-order valence-electron chi connectivity index (χ1n) is 6.63. The Kier molecular flexibility index (Phi) is 2.57. The lowest BCUT2D eigenvalue weighted by Gasteiger charge is -2.03. The van der Waals surface area contributed by atoms with Crippen molar-refractivity contribution in [3.05, 3.63) is 54.8 Å². The van der Waals surface area contributed by atoms with E-state index < -0.39 is 0 Å². The van der Waals surface area contributed by atoms with Gasteiger partial charge in [0.25, 0.3) is 0 Å². The Labute approximate surface area is 120 Å². The molecule has 0 amide bonds. The third-order valence-corrected chi connectivity index (χ3v) is 3.40. The summed E-state index contributed by atoms with van der Waals surface area (Å²) in [5.74, 6) is 1.04. The van der Waals surface area contributed by atoms with Crippen LogP contribution in [-0.2, 0) is 0 Å². The molecule has 0 spiro atoms. The summed E-state index contributed by atoms with van der Waals surface area (Å²) in [5, 5.41) is 9.05. The molecule has 0 radical (unpaired) electrons. The molecular weight excluding hydrogens is 264 g/mol. The van der Waals surface area contributed by atoms with Gasteiger partial charge in [0.05, 0.1) is 5.56 Å². The van der Waals surface area contributed by atoms with E-state index in [9.17, 15) is 0 Å². The van der Waals surface area contributed by atoms with Crippen LogP contribution in [0.25, 0.3) is 33.5 Å². The van der Waals surface area contributed by atoms with Crippen molar-refractivity contribution < 1.29 is 4.42 Å². The molecule has 0 fully saturated rings. The maximum absolute atomic E-state index is 5.45. The number of aromatic amines is 1. The summed E-state index contributed by atoms with van der Waals surface area (Å²) in [5.41, 5.74) is 4.07. The highest BCUT2D eigenvalue weighted by atomic mass is 16.4. The second kappa shape index (κ2) is 4.56. The van der Waals surface area contributed by atoms with Gasteiger partial charge in [-0.25, -0.2) is 0 Å². The van der Waals surface area contributed by atoms with Crippen LogP contribution in [0.1, 0.15) is 5.89 Å². The number of nitrogens with zero attached hydrogens (tertiary/aromatic N) is 3. The molecule has 4 aromatic rings. The van der Waals surface area contributed by atoms with Crippen LogP contribution in [0.2, 0.25) is 0 Å². The third-order valence-electron chi connectivity index (χ3n) is 3.40. The molecule has 5 heteroatoms. The highest BCUT2D eigenvalue weighted by Gasteiger charge is 2.08. The van der Waals surface area contributed by atoms with Crippen molar-refractivity contribution in [1.29, 1.82) is 0 Å². The second-order valence-electron chi connectivity index (χ2n) is 4.87. The number of fused-ring (bicyclic) bond motifs is 1. The van der Waals surface area contributed by atoms with Crippen LogP contribution in [0, 0.1) is 6.92 Å². The van der Waals surface area contributed by atoms with Crippen LogP contribution in [-0.4, -0.2) is 20.2 Å². The van der Waals surface area contributed by atoms with E-state index in [-0.39, 0.29) is 0 Å². The van der Waals surface area contributed by atoms with Gasteiger partial charge in [-0.2, -0.15) is 0 Å². The van der Waals surface area contributed by atoms with Crippen LogP contribution < -0.4 is 0 Å². The van der Waals surface area contributed by atoms with Crippen molar-refractivity contribution in [3.8, 4) is 22.6 Å². The molecule has 0 atom stereocenters. The van der Waals surface area contributed by atoms with E-state index >= 15 is 0 Å². The Morgan fingerprint density at radius 2 is 1.86 bits per heavy atom. The van der Waals surface area contributed by atoms with Crippen molar-refractivity contribution in [2.24, 2.45) is 0 Å². The first kappa shape index (κ1) is 11.8. The van der Waals surface area contributed by atoms with Crippen LogP contribution in [0.4, 0.5) is 0 Å². The molecular formula is C16H12N4O. The first-order chi connectivity index (χ1) is 10.3. The normalized spacial score (nSPS) is 11.1. The number of aromatic nitrogens is 4. The Hall–Kier alpha value is -2.95. The Morgan fingerprint density at radius 3 is 2.71 bits per heavy atom. The van der Waals surface area contributed by atoms with Gasteiger partial charge < -0.3 is 9.40 Å². The van der Waals surface area contributed by atoms with Crippen molar-refractivity contribution >= 4 is 10.9 Å². The Bertz CT molecular complexity index is 923. The van der Waals surface area contributed by atoms with Gasteiger partial charge >= 0.3 is 0 Å². The quantitative estimate of drug-likeness (QED) is 0.607. The minimum Gasteiger partial charge on any atom is -0.421 e. The monoisotopic (exact) mass is 276 g/mol. The molecule has 0 saturated carbocycles.